The number of phenolic OH excluding ortho intramolecular Hbond substituents is 1. The first kappa shape index (κ1) is 19.1. The molecule has 2 aromatic rings. The Balaban J connectivity index is 2.16. The maximum absolute atomic E-state index is 12.4. The first-order valence-electron chi connectivity index (χ1n) is 7.75. The van der Waals surface area contributed by atoms with Crippen LogP contribution in [0.15, 0.2) is 36.4 Å². The minimum atomic E-state index is -0.998. The third-order valence-corrected chi connectivity index (χ3v) is 3.74. The monoisotopic (exact) mass is 360 g/mol. The van der Waals surface area contributed by atoms with E-state index in [2.05, 4.69) is 0 Å². The molecule has 0 heterocycles. The van der Waals surface area contributed by atoms with E-state index in [1.54, 1.807) is 24.3 Å². The molecule has 0 bridgehead atoms. The molecule has 0 radical (unpaired) electrons. The van der Waals surface area contributed by atoms with Crippen LogP contribution in [-0.2, 0) is 4.74 Å². The lowest BCUT2D eigenvalue weighted by atomic mass is 10.1. The average Bonchev–Trinajstić information content (AvgIpc) is 2.67. The van der Waals surface area contributed by atoms with Crippen molar-refractivity contribution in [2.75, 3.05) is 21.3 Å². The quantitative estimate of drug-likeness (QED) is 0.599. The van der Waals surface area contributed by atoms with Gasteiger partial charge in [0.1, 0.15) is 5.75 Å². The molecular weight excluding hydrogens is 340 g/mol. The molecule has 2 rings (SSSR count). The highest BCUT2D eigenvalue weighted by Gasteiger charge is 2.22. The van der Waals surface area contributed by atoms with Crippen molar-refractivity contribution in [1.82, 2.24) is 0 Å². The first-order chi connectivity index (χ1) is 12.4. The van der Waals surface area contributed by atoms with E-state index in [1.165, 1.54) is 40.4 Å². The highest BCUT2D eigenvalue weighted by atomic mass is 16.5. The Kier molecular flexibility index (Phi) is 6.06. The highest BCUT2D eigenvalue weighted by Crippen LogP contribution is 2.37. The van der Waals surface area contributed by atoms with Crippen LogP contribution in [0.3, 0.4) is 0 Å². The summed E-state index contributed by atoms with van der Waals surface area (Å²) in [5.41, 5.74) is 0.484. The standard InChI is InChI=1S/C19H20O7/c1-11(17(20)12-5-7-14(23-2)8-6-12)26-19(22)13-9-15(24-3)18(21)16(10-13)25-4/h5-11,21H,1-4H3/t11-/m1/s1. The summed E-state index contributed by atoms with van der Waals surface area (Å²) in [7, 11) is 4.22. The Morgan fingerprint density at radius 3 is 1.88 bits per heavy atom. The van der Waals surface area contributed by atoms with Crippen molar-refractivity contribution in [3.8, 4) is 23.0 Å². The number of Topliss-reactive ketones (excluding diaryl/α,β-unsaturated/α-hetero) is 1. The Bertz CT molecular complexity index is 771. The highest BCUT2D eigenvalue weighted by molar-refractivity contribution is 6.01. The summed E-state index contributed by atoms with van der Waals surface area (Å²) in [6.45, 7) is 1.49. The van der Waals surface area contributed by atoms with E-state index in [4.69, 9.17) is 18.9 Å². The van der Waals surface area contributed by atoms with Crippen LogP contribution in [0, 0.1) is 0 Å². The average molecular weight is 360 g/mol. The topological polar surface area (TPSA) is 91.3 Å². The minimum Gasteiger partial charge on any atom is -0.502 e. The molecule has 2 aromatic carbocycles. The van der Waals surface area contributed by atoms with E-state index < -0.39 is 12.1 Å². The fourth-order valence-electron chi connectivity index (χ4n) is 2.28. The van der Waals surface area contributed by atoms with E-state index in [1.807, 2.05) is 0 Å². The Morgan fingerprint density at radius 1 is 0.885 bits per heavy atom. The lowest BCUT2D eigenvalue weighted by molar-refractivity contribution is 0.0318. The molecule has 0 aliphatic carbocycles. The van der Waals surface area contributed by atoms with Crippen LogP contribution >= 0.6 is 0 Å². The van der Waals surface area contributed by atoms with Gasteiger partial charge in [0.2, 0.25) is 11.5 Å². The van der Waals surface area contributed by atoms with Crippen LogP contribution in [0.2, 0.25) is 0 Å². The van der Waals surface area contributed by atoms with Gasteiger partial charge in [-0.25, -0.2) is 4.79 Å². The van der Waals surface area contributed by atoms with Crippen molar-refractivity contribution in [2.24, 2.45) is 0 Å². The number of rotatable bonds is 7. The van der Waals surface area contributed by atoms with Crippen molar-refractivity contribution >= 4 is 11.8 Å². The molecule has 0 aliphatic rings. The van der Waals surface area contributed by atoms with E-state index in [0.29, 0.717) is 11.3 Å². The summed E-state index contributed by atoms with van der Waals surface area (Å²) in [5.74, 6) is -0.575. The number of phenols is 1. The van der Waals surface area contributed by atoms with Gasteiger partial charge in [-0.2, -0.15) is 0 Å². The third kappa shape index (κ3) is 4.05. The van der Waals surface area contributed by atoms with Crippen molar-refractivity contribution in [3.63, 3.8) is 0 Å². The molecule has 0 amide bonds. The van der Waals surface area contributed by atoms with E-state index in [9.17, 15) is 14.7 Å². The second-order valence-corrected chi connectivity index (χ2v) is 5.37. The van der Waals surface area contributed by atoms with E-state index >= 15 is 0 Å². The molecular formula is C19H20O7. The van der Waals surface area contributed by atoms with Gasteiger partial charge in [-0.15, -0.1) is 0 Å². The Labute approximate surface area is 151 Å². The zero-order valence-electron chi connectivity index (χ0n) is 14.9. The van der Waals surface area contributed by atoms with Gasteiger partial charge in [-0.3, -0.25) is 4.79 Å². The molecule has 138 valence electrons. The van der Waals surface area contributed by atoms with Gasteiger partial charge in [0.25, 0.3) is 0 Å². The fourth-order valence-corrected chi connectivity index (χ4v) is 2.28. The van der Waals surface area contributed by atoms with E-state index in [0.717, 1.165) is 0 Å². The van der Waals surface area contributed by atoms with Gasteiger partial charge >= 0.3 is 5.97 Å². The SMILES string of the molecule is COc1ccc(C(=O)[C@@H](C)OC(=O)c2cc(OC)c(O)c(OC)c2)cc1. The maximum atomic E-state index is 12.4. The molecule has 0 saturated heterocycles. The number of aromatic hydroxyl groups is 1. The number of carbonyl (C=O) groups is 2. The van der Waals surface area contributed by atoms with Crippen LogP contribution in [0.1, 0.15) is 27.6 Å². The fraction of sp³-hybridized carbons (Fsp3) is 0.263. The van der Waals surface area contributed by atoms with Crippen LogP contribution in [0.4, 0.5) is 0 Å². The summed E-state index contributed by atoms with van der Waals surface area (Å²) in [4.78, 5) is 24.8. The zero-order valence-corrected chi connectivity index (χ0v) is 14.9. The van der Waals surface area contributed by atoms with E-state index in [-0.39, 0.29) is 28.6 Å². The molecule has 0 aromatic heterocycles. The van der Waals surface area contributed by atoms with Crippen molar-refractivity contribution in [3.05, 3.63) is 47.5 Å². The molecule has 7 nitrogen and oxygen atoms in total. The first-order valence-corrected chi connectivity index (χ1v) is 7.75. The summed E-state index contributed by atoms with van der Waals surface area (Å²) in [6, 6.07) is 9.11. The number of ketones is 1. The smallest absolute Gasteiger partial charge is 0.339 e. The number of esters is 1. The number of ether oxygens (including phenoxy) is 4. The van der Waals surface area contributed by atoms with Crippen molar-refractivity contribution in [1.29, 1.82) is 0 Å². The largest absolute Gasteiger partial charge is 0.502 e. The second kappa shape index (κ2) is 8.24. The molecule has 1 N–H and O–H groups in total. The number of hydrogen-bond acceptors (Lipinski definition) is 7. The summed E-state index contributed by atoms with van der Waals surface area (Å²) >= 11 is 0. The minimum absolute atomic E-state index is 0.0606. The van der Waals surface area contributed by atoms with Gasteiger partial charge in [0.05, 0.1) is 26.9 Å². The van der Waals surface area contributed by atoms with Gasteiger partial charge in [0, 0.05) is 5.56 Å². The number of carbonyl (C=O) groups excluding carboxylic acids is 2. The second-order valence-electron chi connectivity index (χ2n) is 5.37. The molecule has 7 heteroatoms. The lowest BCUT2D eigenvalue weighted by Gasteiger charge is -2.14. The molecule has 0 saturated carbocycles. The predicted octanol–water partition coefficient (Wildman–Crippen LogP) is 2.85. The van der Waals surface area contributed by atoms with Crippen molar-refractivity contribution < 1.29 is 33.6 Å². The summed E-state index contributed by atoms with van der Waals surface area (Å²) in [6.07, 6.45) is -0.998. The molecule has 0 spiro atoms. The lowest BCUT2D eigenvalue weighted by Crippen LogP contribution is -2.24. The van der Waals surface area contributed by atoms with Gasteiger partial charge in [-0.1, -0.05) is 0 Å². The zero-order chi connectivity index (χ0) is 19.3. The summed E-state index contributed by atoms with van der Waals surface area (Å²) in [5, 5.41) is 9.89. The molecule has 0 unspecified atom stereocenters. The Hall–Kier alpha value is -3.22. The van der Waals surface area contributed by atoms with Gasteiger partial charge in [0.15, 0.2) is 17.6 Å². The van der Waals surface area contributed by atoms with Crippen LogP contribution in [0.25, 0.3) is 0 Å². The van der Waals surface area contributed by atoms with Gasteiger partial charge in [-0.05, 0) is 43.3 Å². The molecule has 26 heavy (non-hydrogen) atoms. The maximum Gasteiger partial charge on any atom is 0.339 e. The molecule has 1 atom stereocenters. The number of benzene rings is 2. The number of methoxy groups -OCH3 is 3. The van der Waals surface area contributed by atoms with Crippen molar-refractivity contribution in [2.45, 2.75) is 13.0 Å². The van der Waals surface area contributed by atoms with Gasteiger partial charge < -0.3 is 24.1 Å². The predicted molar refractivity (Wildman–Crippen MR) is 93.4 cm³/mol. The van der Waals surface area contributed by atoms with Crippen LogP contribution in [-0.4, -0.2) is 44.3 Å². The number of hydrogen-bond donors (Lipinski definition) is 1. The molecule has 0 aliphatic heterocycles. The third-order valence-electron chi connectivity index (χ3n) is 3.74. The normalized spacial score (nSPS) is 11.4. The van der Waals surface area contributed by atoms with Crippen LogP contribution < -0.4 is 14.2 Å². The Morgan fingerprint density at radius 2 is 1.42 bits per heavy atom. The van der Waals surface area contributed by atoms with Crippen LogP contribution in [0.5, 0.6) is 23.0 Å². The molecule has 0 fully saturated rings. The summed E-state index contributed by atoms with van der Waals surface area (Å²) < 4.78 is 20.3.